The van der Waals surface area contributed by atoms with Crippen molar-refractivity contribution in [1.29, 1.82) is 0 Å². The predicted octanol–water partition coefficient (Wildman–Crippen LogP) is 2.91. The second-order valence-corrected chi connectivity index (χ2v) is 3.54. The van der Waals surface area contributed by atoms with E-state index in [1.807, 2.05) is 19.9 Å². The fourth-order valence-electron chi connectivity index (χ4n) is 1.17. The molecule has 86 valence electrons. The van der Waals surface area contributed by atoms with Crippen LogP contribution in [0.2, 0.25) is 0 Å². The van der Waals surface area contributed by atoms with Crippen LogP contribution in [0, 0.1) is 0 Å². The van der Waals surface area contributed by atoms with E-state index in [4.69, 9.17) is 4.74 Å². The van der Waals surface area contributed by atoms with Gasteiger partial charge in [0.15, 0.2) is 0 Å². The highest BCUT2D eigenvalue weighted by Gasteiger charge is 2.10. The lowest BCUT2D eigenvalue weighted by Gasteiger charge is -2.06. The van der Waals surface area contributed by atoms with Gasteiger partial charge in [-0.3, -0.25) is 0 Å². The van der Waals surface area contributed by atoms with Gasteiger partial charge in [-0.05, 0) is 26.0 Å². The Morgan fingerprint density at radius 1 is 1.44 bits per heavy atom. The van der Waals surface area contributed by atoms with Crippen molar-refractivity contribution in [3.05, 3.63) is 41.5 Å². The van der Waals surface area contributed by atoms with Crippen LogP contribution in [0.15, 0.2) is 35.9 Å². The number of carbonyl (C=O) groups excluding carboxylic acids is 1. The Hall–Kier alpha value is -1.77. The molecular weight excluding hydrogens is 204 g/mol. The maximum atomic E-state index is 11.5. The maximum absolute atomic E-state index is 11.5. The summed E-state index contributed by atoms with van der Waals surface area (Å²) in [6.07, 6.45) is 2.70. The first-order valence-corrected chi connectivity index (χ1v) is 5.22. The van der Waals surface area contributed by atoms with E-state index in [0.717, 1.165) is 6.42 Å². The lowest BCUT2D eigenvalue weighted by molar-refractivity contribution is 0.0506. The zero-order chi connectivity index (χ0) is 12.0. The van der Waals surface area contributed by atoms with Crippen LogP contribution in [0.4, 0.5) is 0 Å². The highest BCUT2D eigenvalue weighted by atomic mass is 16.5. The second-order valence-electron chi connectivity index (χ2n) is 3.54. The van der Waals surface area contributed by atoms with Crippen LogP contribution in [0.1, 0.15) is 30.6 Å². The van der Waals surface area contributed by atoms with Crippen LogP contribution in [0.25, 0.3) is 0 Å². The molecule has 0 aliphatic carbocycles. The molecule has 0 saturated carbocycles. The van der Waals surface area contributed by atoms with Crippen LogP contribution in [0.5, 0.6) is 5.75 Å². The average molecular weight is 220 g/mol. The molecule has 0 unspecified atom stereocenters. The van der Waals surface area contributed by atoms with Crippen molar-refractivity contribution in [3.63, 3.8) is 0 Å². The number of hydrogen-bond donors (Lipinski definition) is 1. The zero-order valence-electron chi connectivity index (χ0n) is 9.56. The van der Waals surface area contributed by atoms with E-state index in [0.29, 0.717) is 6.61 Å². The van der Waals surface area contributed by atoms with Gasteiger partial charge in [0.2, 0.25) is 0 Å². The van der Waals surface area contributed by atoms with E-state index >= 15 is 0 Å². The second kappa shape index (κ2) is 5.95. The molecule has 0 bridgehead atoms. The van der Waals surface area contributed by atoms with Crippen LogP contribution >= 0.6 is 0 Å². The summed E-state index contributed by atoms with van der Waals surface area (Å²) in [6, 6.07) is 6.36. The van der Waals surface area contributed by atoms with Gasteiger partial charge in [0.25, 0.3) is 0 Å². The van der Waals surface area contributed by atoms with E-state index in [-0.39, 0.29) is 11.3 Å². The highest BCUT2D eigenvalue weighted by molar-refractivity contribution is 5.92. The third kappa shape index (κ3) is 3.42. The third-order valence-electron chi connectivity index (χ3n) is 2.35. The molecule has 0 atom stereocenters. The Kier molecular flexibility index (Phi) is 4.58. The van der Waals surface area contributed by atoms with Crippen molar-refractivity contribution in [3.8, 4) is 5.75 Å². The lowest BCUT2D eigenvalue weighted by atomic mass is 10.2. The van der Waals surface area contributed by atoms with E-state index in [9.17, 15) is 9.90 Å². The molecule has 1 aromatic rings. The molecular formula is C13H16O3. The van der Waals surface area contributed by atoms with Crippen LogP contribution in [0.3, 0.4) is 0 Å². The summed E-state index contributed by atoms with van der Waals surface area (Å²) in [5.41, 5.74) is 1.38. The molecule has 0 radical (unpaired) electrons. The van der Waals surface area contributed by atoms with Gasteiger partial charge in [-0.2, -0.15) is 0 Å². The molecule has 1 N–H and O–H groups in total. The Morgan fingerprint density at radius 2 is 2.12 bits per heavy atom. The topological polar surface area (TPSA) is 46.5 Å². The molecule has 0 amide bonds. The van der Waals surface area contributed by atoms with Crippen LogP contribution in [-0.4, -0.2) is 17.7 Å². The van der Waals surface area contributed by atoms with Crippen molar-refractivity contribution >= 4 is 5.97 Å². The Bertz CT molecular complexity index is 394. The number of benzene rings is 1. The first-order chi connectivity index (χ1) is 7.65. The number of esters is 1. The van der Waals surface area contributed by atoms with E-state index < -0.39 is 5.97 Å². The Balaban J connectivity index is 2.51. The summed E-state index contributed by atoms with van der Waals surface area (Å²) in [5, 5.41) is 9.42. The number of rotatable bonds is 4. The molecule has 0 heterocycles. The fraction of sp³-hybridized carbons (Fsp3) is 0.308. The van der Waals surface area contributed by atoms with Crippen molar-refractivity contribution < 1.29 is 14.6 Å². The SMILES string of the molecule is C/C=C(\C)CCOC(=O)c1ccccc1O. The smallest absolute Gasteiger partial charge is 0.341 e. The summed E-state index contributed by atoms with van der Waals surface area (Å²) in [7, 11) is 0. The van der Waals surface area contributed by atoms with Crippen molar-refractivity contribution in [2.45, 2.75) is 20.3 Å². The summed E-state index contributed by atoms with van der Waals surface area (Å²) in [5.74, 6) is -0.530. The van der Waals surface area contributed by atoms with Gasteiger partial charge < -0.3 is 9.84 Å². The predicted molar refractivity (Wildman–Crippen MR) is 62.4 cm³/mol. The number of hydrogen-bond acceptors (Lipinski definition) is 3. The number of carbonyl (C=O) groups is 1. The van der Waals surface area contributed by atoms with E-state index in [1.165, 1.54) is 11.6 Å². The van der Waals surface area contributed by atoms with Crippen molar-refractivity contribution in [2.24, 2.45) is 0 Å². The van der Waals surface area contributed by atoms with Gasteiger partial charge >= 0.3 is 5.97 Å². The molecule has 0 aliphatic rings. The van der Waals surface area contributed by atoms with Crippen molar-refractivity contribution in [2.75, 3.05) is 6.61 Å². The molecule has 3 heteroatoms. The molecule has 0 fully saturated rings. The summed E-state index contributed by atoms with van der Waals surface area (Å²) >= 11 is 0. The number of aromatic hydroxyl groups is 1. The standard InChI is InChI=1S/C13H16O3/c1-3-10(2)8-9-16-13(15)11-6-4-5-7-12(11)14/h3-7,14H,8-9H2,1-2H3/b10-3+. The Morgan fingerprint density at radius 3 is 2.75 bits per heavy atom. The minimum Gasteiger partial charge on any atom is -0.507 e. The van der Waals surface area contributed by atoms with Gasteiger partial charge in [0.1, 0.15) is 11.3 Å². The molecule has 16 heavy (non-hydrogen) atoms. The fourth-order valence-corrected chi connectivity index (χ4v) is 1.17. The molecule has 3 nitrogen and oxygen atoms in total. The summed E-state index contributed by atoms with van der Waals surface area (Å²) in [4.78, 5) is 11.5. The molecule has 1 rings (SSSR count). The third-order valence-corrected chi connectivity index (χ3v) is 2.35. The molecule has 0 aromatic heterocycles. The van der Waals surface area contributed by atoms with Gasteiger partial charge in [0.05, 0.1) is 6.61 Å². The van der Waals surface area contributed by atoms with Crippen LogP contribution < -0.4 is 0 Å². The summed E-state index contributed by atoms with van der Waals surface area (Å²) < 4.78 is 5.04. The van der Waals surface area contributed by atoms with E-state index in [1.54, 1.807) is 18.2 Å². The van der Waals surface area contributed by atoms with E-state index in [2.05, 4.69) is 0 Å². The summed E-state index contributed by atoms with van der Waals surface area (Å²) in [6.45, 7) is 4.26. The minimum absolute atomic E-state index is 0.0461. The average Bonchev–Trinajstić information content (AvgIpc) is 2.29. The molecule has 0 aliphatic heterocycles. The van der Waals surface area contributed by atoms with Gasteiger partial charge in [-0.15, -0.1) is 0 Å². The van der Waals surface area contributed by atoms with Gasteiger partial charge in [-0.25, -0.2) is 4.79 Å². The molecule has 0 spiro atoms. The maximum Gasteiger partial charge on any atom is 0.341 e. The lowest BCUT2D eigenvalue weighted by Crippen LogP contribution is -2.06. The van der Waals surface area contributed by atoms with Crippen LogP contribution in [-0.2, 0) is 4.74 Å². The zero-order valence-corrected chi connectivity index (χ0v) is 9.56. The van der Waals surface area contributed by atoms with Gasteiger partial charge in [0, 0.05) is 6.42 Å². The first kappa shape index (κ1) is 12.3. The molecule has 1 aromatic carbocycles. The first-order valence-electron chi connectivity index (χ1n) is 5.22. The molecule has 0 saturated heterocycles. The normalized spacial score (nSPS) is 11.2. The number of allylic oxidation sites excluding steroid dienone is 1. The number of phenols is 1. The minimum atomic E-state index is -0.484. The monoisotopic (exact) mass is 220 g/mol. The Labute approximate surface area is 95.4 Å². The van der Waals surface area contributed by atoms with Gasteiger partial charge in [-0.1, -0.05) is 23.8 Å². The largest absolute Gasteiger partial charge is 0.507 e. The number of para-hydroxylation sites is 1. The number of ether oxygens (including phenoxy) is 1. The highest BCUT2D eigenvalue weighted by Crippen LogP contribution is 2.16. The number of phenolic OH excluding ortho intramolecular Hbond substituents is 1. The van der Waals surface area contributed by atoms with Crippen molar-refractivity contribution in [1.82, 2.24) is 0 Å². The quantitative estimate of drug-likeness (QED) is 0.627.